The monoisotopic (exact) mass is 421 g/mol. The number of anilines is 4. The number of aromatic nitrogens is 2. The van der Waals surface area contributed by atoms with Crippen LogP contribution >= 0.6 is 0 Å². The van der Waals surface area contributed by atoms with Crippen molar-refractivity contribution in [1.82, 2.24) is 15.3 Å². The number of hydrogen-bond acceptors (Lipinski definition) is 7. The van der Waals surface area contributed by atoms with E-state index in [4.69, 9.17) is 5.73 Å². The second-order valence-electron chi connectivity index (χ2n) is 7.80. The molecule has 2 fully saturated rings. The van der Waals surface area contributed by atoms with Crippen LogP contribution in [0.2, 0.25) is 0 Å². The van der Waals surface area contributed by atoms with E-state index < -0.39 is 5.91 Å². The molecule has 1 atom stereocenters. The first kappa shape index (κ1) is 20.6. The number of carbonyl (C=O) groups is 2. The molecule has 4 N–H and O–H groups in total. The number of nitrogens with one attached hydrogen (secondary N) is 2. The lowest BCUT2D eigenvalue weighted by molar-refractivity contribution is -0.117. The number of hydrogen-bond donors (Lipinski definition) is 3. The topological polar surface area (TPSA) is 116 Å². The minimum absolute atomic E-state index is 0.0295. The molecule has 2 aliphatic rings. The summed E-state index contributed by atoms with van der Waals surface area (Å²) in [6.07, 6.45) is 6.20. The summed E-state index contributed by atoms with van der Waals surface area (Å²) in [4.78, 5) is 37.0. The van der Waals surface area contributed by atoms with E-state index in [9.17, 15) is 9.59 Å². The first-order valence-corrected chi connectivity index (χ1v) is 10.5. The van der Waals surface area contributed by atoms with E-state index in [1.54, 1.807) is 18.3 Å². The Kier molecular flexibility index (Phi) is 6.01. The smallest absolute Gasteiger partial charge is 0.252 e. The van der Waals surface area contributed by atoms with Crippen LogP contribution in [0.4, 0.5) is 23.1 Å². The zero-order valence-corrected chi connectivity index (χ0v) is 17.4. The molecule has 9 heteroatoms. The molecule has 2 aromatic heterocycles. The van der Waals surface area contributed by atoms with Crippen LogP contribution in [0.5, 0.6) is 0 Å². The lowest BCUT2D eigenvalue weighted by Gasteiger charge is -2.20. The summed E-state index contributed by atoms with van der Waals surface area (Å²) in [6, 6.07) is 7.37. The molecule has 0 bridgehead atoms. The van der Waals surface area contributed by atoms with E-state index in [0.29, 0.717) is 23.7 Å². The lowest BCUT2D eigenvalue weighted by atomic mass is 10.2. The SMILES string of the molecule is C=CC(=O)N[C@H]1CCN(c2ccc(C(N)=O)c(Nc3ccc(N4CCCC4)nc3)n2)C1. The van der Waals surface area contributed by atoms with Gasteiger partial charge in [-0.2, -0.15) is 0 Å². The van der Waals surface area contributed by atoms with Gasteiger partial charge in [-0.15, -0.1) is 0 Å². The molecule has 0 unspecified atom stereocenters. The first-order chi connectivity index (χ1) is 15.0. The average Bonchev–Trinajstić information content (AvgIpc) is 3.46. The molecule has 162 valence electrons. The average molecular weight is 422 g/mol. The van der Waals surface area contributed by atoms with E-state index in [-0.39, 0.29) is 11.9 Å². The van der Waals surface area contributed by atoms with Gasteiger partial charge in [0.05, 0.1) is 17.4 Å². The van der Waals surface area contributed by atoms with Crippen molar-refractivity contribution < 1.29 is 9.59 Å². The normalized spacial score (nSPS) is 18.1. The number of amides is 2. The molecule has 2 aliphatic heterocycles. The summed E-state index contributed by atoms with van der Waals surface area (Å²) in [5, 5.41) is 6.10. The predicted molar refractivity (Wildman–Crippen MR) is 121 cm³/mol. The van der Waals surface area contributed by atoms with Crippen LogP contribution in [-0.4, -0.2) is 54.0 Å². The standard InChI is InChI=1S/C22H27N7O2/c1-2-20(30)25-16-9-12-29(14-16)19-8-6-17(21(23)31)22(27-19)26-15-5-7-18(24-13-15)28-10-3-4-11-28/h2,5-8,13,16H,1,3-4,9-12,14H2,(H2,23,31)(H,25,30)(H,26,27)/t16-/m0/s1. The molecule has 2 saturated heterocycles. The van der Waals surface area contributed by atoms with Crippen molar-refractivity contribution in [3.8, 4) is 0 Å². The molecule has 0 saturated carbocycles. The zero-order valence-electron chi connectivity index (χ0n) is 17.4. The Bertz CT molecular complexity index is 970. The van der Waals surface area contributed by atoms with Gasteiger partial charge in [-0.25, -0.2) is 9.97 Å². The summed E-state index contributed by atoms with van der Waals surface area (Å²) in [5.41, 5.74) is 6.60. The van der Waals surface area contributed by atoms with Crippen LogP contribution in [0.15, 0.2) is 43.1 Å². The zero-order chi connectivity index (χ0) is 21.8. The molecule has 4 heterocycles. The minimum atomic E-state index is -0.555. The van der Waals surface area contributed by atoms with Crippen LogP contribution in [-0.2, 0) is 4.79 Å². The lowest BCUT2D eigenvalue weighted by Crippen LogP contribution is -2.36. The molecule has 2 aromatic rings. The van der Waals surface area contributed by atoms with E-state index in [1.807, 2.05) is 12.1 Å². The Morgan fingerprint density at radius 2 is 1.87 bits per heavy atom. The third-order valence-electron chi connectivity index (χ3n) is 5.63. The third-order valence-corrected chi connectivity index (χ3v) is 5.63. The van der Waals surface area contributed by atoms with Crippen molar-refractivity contribution in [2.75, 3.05) is 41.3 Å². The molecule has 0 aliphatic carbocycles. The molecule has 0 radical (unpaired) electrons. The van der Waals surface area contributed by atoms with E-state index in [2.05, 4.69) is 37.0 Å². The second kappa shape index (κ2) is 9.03. The Labute approximate surface area is 181 Å². The highest BCUT2D eigenvalue weighted by Gasteiger charge is 2.25. The quantitative estimate of drug-likeness (QED) is 0.584. The number of carbonyl (C=O) groups excluding carboxylic acids is 2. The molecular weight excluding hydrogens is 394 g/mol. The van der Waals surface area contributed by atoms with Gasteiger partial charge < -0.3 is 26.2 Å². The molecule has 31 heavy (non-hydrogen) atoms. The molecule has 9 nitrogen and oxygen atoms in total. The molecular formula is C22H27N7O2. The highest BCUT2D eigenvalue weighted by Crippen LogP contribution is 2.26. The van der Waals surface area contributed by atoms with Gasteiger partial charge in [0.25, 0.3) is 5.91 Å². The van der Waals surface area contributed by atoms with Crippen molar-refractivity contribution in [2.24, 2.45) is 5.73 Å². The van der Waals surface area contributed by atoms with Gasteiger partial charge in [-0.1, -0.05) is 6.58 Å². The van der Waals surface area contributed by atoms with E-state index in [1.165, 1.54) is 18.9 Å². The molecule has 2 amide bonds. The summed E-state index contributed by atoms with van der Waals surface area (Å²) in [5.74, 6) is 1.31. The minimum Gasteiger partial charge on any atom is -0.365 e. The maximum absolute atomic E-state index is 11.9. The fourth-order valence-corrected chi connectivity index (χ4v) is 4.00. The molecule has 0 aromatic carbocycles. The van der Waals surface area contributed by atoms with Crippen molar-refractivity contribution >= 4 is 35.0 Å². The predicted octanol–water partition coefficient (Wildman–Crippen LogP) is 1.80. The number of pyridine rings is 2. The number of primary amides is 1. The second-order valence-corrected chi connectivity index (χ2v) is 7.80. The molecule has 4 rings (SSSR count). The Morgan fingerprint density at radius 1 is 1.10 bits per heavy atom. The number of nitrogens with two attached hydrogens (primary N) is 1. The van der Waals surface area contributed by atoms with Crippen LogP contribution in [0, 0.1) is 0 Å². The van der Waals surface area contributed by atoms with Gasteiger partial charge in [0.15, 0.2) is 0 Å². The maximum atomic E-state index is 11.9. The maximum Gasteiger partial charge on any atom is 0.252 e. The van der Waals surface area contributed by atoms with Crippen LogP contribution in [0.3, 0.4) is 0 Å². The van der Waals surface area contributed by atoms with Crippen molar-refractivity contribution in [1.29, 1.82) is 0 Å². The third kappa shape index (κ3) is 4.76. The van der Waals surface area contributed by atoms with E-state index >= 15 is 0 Å². The van der Waals surface area contributed by atoms with Crippen molar-refractivity contribution in [3.05, 3.63) is 48.7 Å². The summed E-state index contributed by atoms with van der Waals surface area (Å²) in [7, 11) is 0. The summed E-state index contributed by atoms with van der Waals surface area (Å²) >= 11 is 0. The van der Waals surface area contributed by atoms with Gasteiger partial charge in [-0.3, -0.25) is 9.59 Å². The summed E-state index contributed by atoms with van der Waals surface area (Å²) in [6.45, 7) is 6.92. The van der Waals surface area contributed by atoms with Gasteiger partial charge in [0.1, 0.15) is 17.5 Å². The largest absolute Gasteiger partial charge is 0.365 e. The van der Waals surface area contributed by atoms with Gasteiger partial charge in [0.2, 0.25) is 5.91 Å². The van der Waals surface area contributed by atoms with Crippen LogP contribution < -0.4 is 26.2 Å². The molecule has 0 spiro atoms. The fourth-order valence-electron chi connectivity index (χ4n) is 4.00. The van der Waals surface area contributed by atoms with Crippen LogP contribution in [0.25, 0.3) is 0 Å². The number of rotatable bonds is 7. The Balaban J connectivity index is 1.50. The van der Waals surface area contributed by atoms with Gasteiger partial charge in [-0.05, 0) is 49.6 Å². The Morgan fingerprint density at radius 3 is 2.55 bits per heavy atom. The Hall–Kier alpha value is -3.62. The van der Waals surface area contributed by atoms with E-state index in [0.717, 1.165) is 37.6 Å². The highest BCUT2D eigenvalue weighted by molar-refractivity contribution is 5.98. The fraction of sp³-hybridized carbons (Fsp3) is 0.364. The first-order valence-electron chi connectivity index (χ1n) is 10.5. The van der Waals surface area contributed by atoms with Gasteiger partial charge in [0, 0.05) is 32.2 Å². The number of nitrogens with zero attached hydrogens (tertiary/aromatic N) is 4. The van der Waals surface area contributed by atoms with Crippen molar-refractivity contribution in [3.63, 3.8) is 0 Å². The van der Waals surface area contributed by atoms with Gasteiger partial charge >= 0.3 is 0 Å². The van der Waals surface area contributed by atoms with Crippen LogP contribution in [0.1, 0.15) is 29.6 Å². The highest BCUT2D eigenvalue weighted by atomic mass is 16.1. The summed E-state index contributed by atoms with van der Waals surface area (Å²) < 4.78 is 0. The van der Waals surface area contributed by atoms with Crippen molar-refractivity contribution in [2.45, 2.75) is 25.3 Å².